The minimum Gasteiger partial charge on any atom is -0.390 e. The van der Waals surface area contributed by atoms with Gasteiger partial charge in [-0.25, -0.2) is 0 Å². The Morgan fingerprint density at radius 3 is 2.73 bits per heavy atom. The van der Waals surface area contributed by atoms with Gasteiger partial charge in [-0.2, -0.15) is 0 Å². The Hall–Kier alpha value is -2.20. The van der Waals surface area contributed by atoms with Crippen molar-refractivity contribution in [1.29, 1.82) is 0 Å². The number of pyridine rings is 1. The maximum absolute atomic E-state index is 12.8. The second-order valence-corrected chi connectivity index (χ2v) is 8.06. The van der Waals surface area contributed by atoms with Gasteiger partial charge in [0.25, 0.3) is 5.91 Å². The molecule has 4 nitrogen and oxygen atoms in total. The Labute approximate surface area is 155 Å². The summed E-state index contributed by atoms with van der Waals surface area (Å²) in [5.74, 6) is 0.418. The number of hydrogen-bond acceptors (Lipinski definition) is 3. The number of aryl methyl sites for hydroxylation is 2. The van der Waals surface area contributed by atoms with E-state index in [2.05, 4.69) is 16.4 Å². The lowest BCUT2D eigenvalue weighted by atomic mass is 9.97. The zero-order chi connectivity index (χ0) is 18.7. The number of amides is 1. The molecule has 0 radical (unpaired) electrons. The van der Waals surface area contributed by atoms with E-state index in [1.54, 1.807) is 13.8 Å². The largest absolute Gasteiger partial charge is 0.390 e. The molecule has 2 aromatic rings. The Balaban J connectivity index is 1.72. The van der Waals surface area contributed by atoms with E-state index in [-0.39, 0.29) is 11.9 Å². The van der Waals surface area contributed by atoms with Crippen molar-refractivity contribution in [2.45, 2.75) is 58.1 Å². The average Bonchev–Trinajstić information content (AvgIpc) is 3.42. The van der Waals surface area contributed by atoms with Gasteiger partial charge in [-0.1, -0.05) is 12.1 Å². The van der Waals surface area contributed by atoms with Gasteiger partial charge < -0.3 is 10.4 Å². The number of aliphatic hydroxyl groups is 1. The van der Waals surface area contributed by atoms with Crippen LogP contribution in [0.2, 0.25) is 0 Å². The van der Waals surface area contributed by atoms with Crippen LogP contribution in [0.3, 0.4) is 0 Å². The topological polar surface area (TPSA) is 62.2 Å². The maximum Gasteiger partial charge on any atom is 0.251 e. The minimum atomic E-state index is -0.702. The van der Waals surface area contributed by atoms with Crippen molar-refractivity contribution in [3.05, 3.63) is 65.0 Å². The zero-order valence-corrected chi connectivity index (χ0v) is 15.8. The molecule has 0 spiro atoms. The molecule has 1 amide bonds. The molecule has 4 heteroatoms. The number of hydrogen-bond donors (Lipinski definition) is 2. The summed E-state index contributed by atoms with van der Waals surface area (Å²) in [6.45, 7) is 5.65. The van der Waals surface area contributed by atoms with E-state index < -0.39 is 5.60 Å². The first-order valence-electron chi connectivity index (χ1n) is 9.36. The fourth-order valence-electron chi connectivity index (χ4n) is 3.14. The summed E-state index contributed by atoms with van der Waals surface area (Å²) in [7, 11) is 0. The lowest BCUT2D eigenvalue weighted by Gasteiger charge is -2.19. The van der Waals surface area contributed by atoms with Gasteiger partial charge in [-0.3, -0.25) is 9.78 Å². The Morgan fingerprint density at radius 2 is 2.08 bits per heavy atom. The molecule has 3 rings (SSSR count). The highest BCUT2D eigenvalue weighted by Gasteiger charge is 2.34. The molecular formula is C22H28N2O2. The molecule has 1 aliphatic rings. The molecule has 1 fully saturated rings. The quantitative estimate of drug-likeness (QED) is 0.792. The van der Waals surface area contributed by atoms with Crippen molar-refractivity contribution in [1.82, 2.24) is 10.3 Å². The van der Waals surface area contributed by atoms with Crippen molar-refractivity contribution in [2.24, 2.45) is 5.92 Å². The summed E-state index contributed by atoms with van der Waals surface area (Å²) in [5.41, 5.74) is 3.13. The molecule has 1 aromatic heterocycles. The predicted octanol–water partition coefficient (Wildman–Crippen LogP) is 3.97. The van der Waals surface area contributed by atoms with E-state index in [0.29, 0.717) is 17.9 Å². The first-order chi connectivity index (χ1) is 12.3. The number of aromatic nitrogens is 1. The van der Waals surface area contributed by atoms with Crippen LogP contribution in [-0.4, -0.2) is 21.6 Å². The summed E-state index contributed by atoms with van der Waals surface area (Å²) in [6, 6.07) is 11.7. The summed E-state index contributed by atoms with van der Waals surface area (Å²) >= 11 is 0. The highest BCUT2D eigenvalue weighted by atomic mass is 16.3. The summed E-state index contributed by atoms with van der Waals surface area (Å²) in [5, 5.41) is 13.1. The number of nitrogens with one attached hydrogen (secondary N) is 1. The SMILES string of the molecule is Cc1ccnc([C@H](NC(=O)c2cccc(CCC(C)(C)O)c2)C2CC2)c1. The molecule has 1 saturated carbocycles. The number of rotatable bonds is 7. The molecule has 0 aliphatic heterocycles. The number of nitrogens with zero attached hydrogens (tertiary/aromatic N) is 1. The number of benzene rings is 1. The molecule has 26 heavy (non-hydrogen) atoms. The van der Waals surface area contributed by atoms with Crippen LogP contribution in [0.15, 0.2) is 42.6 Å². The van der Waals surface area contributed by atoms with Gasteiger partial charge in [-0.15, -0.1) is 0 Å². The third kappa shape index (κ3) is 5.15. The summed E-state index contributed by atoms with van der Waals surface area (Å²) in [4.78, 5) is 17.3. The Kier molecular flexibility index (Phi) is 5.42. The molecule has 2 N–H and O–H groups in total. The fraction of sp³-hybridized carbons (Fsp3) is 0.455. The maximum atomic E-state index is 12.8. The number of carbonyl (C=O) groups excluding carboxylic acids is 1. The molecule has 0 unspecified atom stereocenters. The van der Waals surface area contributed by atoms with E-state index in [1.165, 1.54) is 0 Å². The van der Waals surface area contributed by atoms with E-state index in [1.807, 2.05) is 43.5 Å². The third-order valence-electron chi connectivity index (χ3n) is 4.85. The molecule has 1 heterocycles. The second kappa shape index (κ2) is 7.58. The van der Waals surface area contributed by atoms with Gasteiger partial charge in [0, 0.05) is 11.8 Å². The average molecular weight is 352 g/mol. The van der Waals surface area contributed by atoms with Crippen LogP contribution in [0.4, 0.5) is 0 Å². The van der Waals surface area contributed by atoms with Gasteiger partial charge in [0.15, 0.2) is 0 Å². The van der Waals surface area contributed by atoms with Crippen molar-refractivity contribution < 1.29 is 9.90 Å². The van der Waals surface area contributed by atoms with Crippen LogP contribution in [0.5, 0.6) is 0 Å². The van der Waals surface area contributed by atoms with Crippen LogP contribution in [-0.2, 0) is 6.42 Å². The van der Waals surface area contributed by atoms with E-state index in [9.17, 15) is 9.90 Å². The smallest absolute Gasteiger partial charge is 0.251 e. The Morgan fingerprint density at radius 1 is 1.31 bits per heavy atom. The third-order valence-corrected chi connectivity index (χ3v) is 4.85. The van der Waals surface area contributed by atoms with Gasteiger partial charge in [-0.05, 0) is 87.8 Å². The van der Waals surface area contributed by atoms with Crippen molar-refractivity contribution in [3.63, 3.8) is 0 Å². The normalized spacial score (nSPS) is 15.5. The second-order valence-electron chi connectivity index (χ2n) is 8.06. The standard InChI is InChI=1S/C22H28N2O2/c1-15-10-12-23-19(13-15)20(17-7-8-17)24-21(25)18-6-4-5-16(14-18)9-11-22(2,3)26/h4-6,10,12-14,17,20,26H,7-9,11H2,1-3H3,(H,24,25)/t20-/m1/s1. The zero-order valence-electron chi connectivity index (χ0n) is 15.8. The van der Waals surface area contributed by atoms with Crippen molar-refractivity contribution in [3.8, 4) is 0 Å². The lowest BCUT2D eigenvalue weighted by molar-refractivity contribution is 0.0714. The van der Waals surface area contributed by atoms with Crippen LogP contribution in [0, 0.1) is 12.8 Å². The summed E-state index contributed by atoms with van der Waals surface area (Å²) < 4.78 is 0. The van der Waals surface area contributed by atoms with Gasteiger partial charge in [0.2, 0.25) is 0 Å². The van der Waals surface area contributed by atoms with E-state index >= 15 is 0 Å². The van der Waals surface area contributed by atoms with Crippen LogP contribution >= 0.6 is 0 Å². The highest BCUT2D eigenvalue weighted by molar-refractivity contribution is 5.94. The number of carbonyl (C=O) groups is 1. The molecule has 1 aliphatic carbocycles. The highest BCUT2D eigenvalue weighted by Crippen LogP contribution is 2.40. The first-order valence-corrected chi connectivity index (χ1v) is 9.36. The predicted molar refractivity (Wildman–Crippen MR) is 103 cm³/mol. The van der Waals surface area contributed by atoms with E-state index in [4.69, 9.17) is 0 Å². The molecule has 0 bridgehead atoms. The fourth-order valence-corrected chi connectivity index (χ4v) is 3.14. The molecule has 1 atom stereocenters. The van der Waals surface area contributed by atoms with Gasteiger partial charge >= 0.3 is 0 Å². The molecular weight excluding hydrogens is 324 g/mol. The van der Waals surface area contributed by atoms with Gasteiger partial charge in [0.05, 0.1) is 17.3 Å². The Bertz CT molecular complexity index is 776. The van der Waals surface area contributed by atoms with Crippen LogP contribution in [0.1, 0.15) is 66.3 Å². The lowest BCUT2D eigenvalue weighted by Crippen LogP contribution is -2.30. The minimum absolute atomic E-state index is 0.0255. The van der Waals surface area contributed by atoms with E-state index in [0.717, 1.165) is 36.1 Å². The van der Waals surface area contributed by atoms with Crippen LogP contribution < -0.4 is 5.32 Å². The first kappa shape index (κ1) is 18.6. The van der Waals surface area contributed by atoms with Crippen LogP contribution in [0.25, 0.3) is 0 Å². The molecule has 0 saturated heterocycles. The van der Waals surface area contributed by atoms with Crippen molar-refractivity contribution >= 4 is 5.91 Å². The molecule has 1 aromatic carbocycles. The molecule has 138 valence electrons. The van der Waals surface area contributed by atoms with Gasteiger partial charge in [0.1, 0.15) is 0 Å². The van der Waals surface area contributed by atoms with Crippen molar-refractivity contribution in [2.75, 3.05) is 0 Å². The monoisotopic (exact) mass is 352 g/mol. The summed E-state index contributed by atoms with van der Waals surface area (Å²) in [6.07, 6.45) is 5.48.